The Labute approximate surface area is 152 Å². The lowest BCUT2D eigenvalue weighted by Crippen LogP contribution is -2.52. The minimum absolute atomic E-state index is 0.254. The Morgan fingerprint density at radius 2 is 2.21 bits per heavy atom. The molecule has 0 amide bonds. The van der Waals surface area contributed by atoms with Crippen molar-refractivity contribution in [2.24, 2.45) is 0 Å². The third-order valence-electron chi connectivity index (χ3n) is 4.42. The van der Waals surface area contributed by atoms with Crippen LogP contribution >= 0.6 is 22.7 Å². The van der Waals surface area contributed by atoms with Crippen LogP contribution in [0.25, 0.3) is 0 Å². The van der Waals surface area contributed by atoms with E-state index in [-0.39, 0.29) is 6.61 Å². The Kier molecular flexibility index (Phi) is 6.24. The van der Waals surface area contributed by atoms with E-state index in [0.717, 1.165) is 44.3 Å². The summed E-state index contributed by atoms with van der Waals surface area (Å²) in [5, 5.41) is 14.9. The van der Waals surface area contributed by atoms with Crippen LogP contribution < -0.4 is 4.90 Å². The third-order valence-corrected chi connectivity index (χ3v) is 6.30. The van der Waals surface area contributed by atoms with Crippen molar-refractivity contribution >= 4 is 27.8 Å². The molecule has 132 valence electrons. The molecule has 0 bridgehead atoms. The fraction of sp³-hybridized carbons (Fsp3) is 0.588. The molecular weight excluding hydrogens is 340 g/mol. The van der Waals surface area contributed by atoms with Crippen molar-refractivity contribution in [2.45, 2.75) is 25.6 Å². The average Bonchev–Trinajstić information content (AvgIpc) is 3.22. The highest BCUT2D eigenvalue weighted by Crippen LogP contribution is 2.24. The van der Waals surface area contributed by atoms with Gasteiger partial charge in [0.2, 0.25) is 0 Å². The van der Waals surface area contributed by atoms with Gasteiger partial charge < -0.3 is 10.0 Å². The lowest BCUT2D eigenvalue weighted by atomic mass is 10.1. The lowest BCUT2D eigenvalue weighted by Gasteiger charge is -2.41. The van der Waals surface area contributed by atoms with Gasteiger partial charge in [0.05, 0.1) is 0 Å². The van der Waals surface area contributed by atoms with Crippen molar-refractivity contribution in [2.75, 3.05) is 45.2 Å². The molecule has 7 heteroatoms. The third kappa shape index (κ3) is 4.55. The molecule has 1 unspecified atom stereocenters. The molecule has 5 nitrogen and oxygen atoms in total. The maximum absolute atomic E-state index is 9.45. The number of hydrogen-bond acceptors (Lipinski definition) is 7. The molecule has 1 fully saturated rings. The summed E-state index contributed by atoms with van der Waals surface area (Å²) in [5.74, 6) is 0. The van der Waals surface area contributed by atoms with Crippen LogP contribution in [0.3, 0.4) is 0 Å². The van der Waals surface area contributed by atoms with Crippen LogP contribution in [0.2, 0.25) is 0 Å². The fourth-order valence-corrected chi connectivity index (χ4v) is 4.68. The SMILES string of the molecule is CN(C)c1ncc(CN2CCN(Cc3ccsc3)C(CCO)C2)s1. The topological polar surface area (TPSA) is 42.8 Å². The minimum atomic E-state index is 0.254. The number of piperazine rings is 1. The number of rotatable bonds is 7. The van der Waals surface area contributed by atoms with E-state index in [2.05, 4.69) is 36.5 Å². The molecule has 3 heterocycles. The molecule has 2 aromatic rings. The molecule has 1 N–H and O–H groups in total. The minimum Gasteiger partial charge on any atom is -0.396 e. The Morgan fingerprint density at radius 1 is 1.33 bits per heavy atom. The van der Waals surface area contributed by atoms with E-state index in [1.165, 1.54) is 10.4 Å². The first-order valence-electron chi connectivity index (χ1n) is 8.36. The Hall–Kier alpha value is -0.990. The quantitative estimate of drug-likeness (QED) is 0.815. The standard InChI is InChI=1S/C17H26N4OS2/c1-19(2)17-18-9-16(24-17)12-20-5-6-21(15(11-20)3-7-22)10-14-4-8-23-13-14/h4,8-9,13,15,22H,3,5-7,10-12H2,1-2H3. The summed E-state index contributed by atoms with van der Waals surface area (Å²) in [5.41, 5.74) is 1.38. The first-order valence-corrected chi connectivity index (χ1v) is 10.1. The van der Waals surface area contributed by atoms with Gasteiger partial charge in [-0.3, -0.25) is 9.80 Å². The molecule has 3 rings (SSSR count). The van der Waals surface area contributed by atoms with Crippen molar-refractivity contribution in [3.63, 3.8) is 0 Å². The van der Waals surface area contributed by atoms with Crippen LogP contribution in [0.1, 0.15) is 16.9 Å². The molecule has 0 saturated carbocycles. The predicted molar refractivity (Wildman–Crippen MR) is 102 cm³/mol. The number of aliphatic hydroxyl groups excluding tert-OH is 1. The number of anilines is 1. The highest BCUT2D eigenvalue weighted by atomic mass is 32.1. The van der Waals surface area contributed by atoms with E-state index in [0.29, 0.717) is 6.04 Å². The predicted octanol–water partition coefficient (Wildman–Crippen LogP) is 2.34. The summed E-state index contributed by atoms with van der Waals surface area (Å²) in [6.07, 6.45) is 2.84. The molecule has 0 radical (unpaired) electrons. The van der Waals surface area contributed by atoms with Crippen molar-refractivity contribution in [3.8, 4) is 0 Å². The largest absolute Gasteiger partial charge is 0.396 e. The molecule has 0 spiro atoms. The second-order valence-corrected chi connectivity index (χ2v) is 8.38. The summed E-state index contributed by atoms with van der Waals surface area (Å²) >= 11 is 3.52. The number of aliphatic hydroxyl groups is 1. The van der Waals surface area contributed by atoms with Crippen LogP contribution in [-0.4, -0.2) is 66.3 Å². The monoisotopic (exact) mass is 366 g/mol. The van der Waals surface area contributed by atoms with Gasteiger partial charge >= 0.3 is 0 Å². The highest BCUT2D eigenvalue weighted by Gasteiger charge is 2.27. The lowest BCUT2D eigenvalue weighted by molar-refractivity contribution is 0.0505. The van der Waals surface area contributed by atoms with E-state index in [9.17, 15) is 5.11 Å². The van der Waals surface area contributed by atoms with Gasteiger partial charge in [-0.2, -0.15) is 11.3 Å². The van der Waals surface area contributed by atoms with Crippen molar-refractivity contribution in [3.05, 3.63) is 33.5 Å². The number of hydrogen-bond donors (Lipinski definition) is 1. The van der Waals surface area contributed by atoms with E-state index in [1.807, 2.05) is 20.3 Å². The van der Waals surface area contributed by atoms with E-state index < -0.39 is 0 Å². The summed E-state index contributed by atoms with van der Waals surface area (Å²) in [6, 6.07) is 2.62. The van der Waals surface area contributed by atoms with E-state index in [1.54, 1.807) is 22.7 Å². The fourth-order valence-electron chi connectivity index (χ4n) is 3.15. The molecule has 0 aliphatic carbocycles. The number of thiazole rings is 1. The van der Waals surface area contributed by atoms with Crippen LogP contribution in [-0.2, 0) is 13.1 Å². The molecule has 1 saturated heterocycles. The van der Waals surface area contributed by atoms with Crippen LogP contribution in [0.5, 0.6) is 0 Å². The second kappa shape index (κ2) is 8.40. The van der Waals surface area contributed by atoms with Crippen LogP contribution in [0.15, 0.2) is 23.0 Å². The molecule has 0 aromatic carbocycles. The van der Waals surface area contributed by atoms with Crippen LogP contribution in [0, 0.1) is 0 Å². The van der Waals surface area contributed by atoms with Gasteiger partial charge in [0.15, 0.2) is 5.13 Å². The van der Waals surface area contributed by atoms with Gasteiger partial charge in [0.25, 0.3) is 0 Å². The molecule has 1 atom stereocenters. The normalized spacial score (nSPS) is 19.7. The van der Waals surface area contributed by atoms with Gasteiger partial charge in [-0.15, -0.1) is 11.3 Å². The number of aromatic nitrogens is 1. The maximum atomic E-state index is 9.45. The molecule has 2 aromatic heterocycles. The Bertz CT molecular complexity index is 614. The van der Waals surface area contributed by atoms with Crippen molar-refractivity contribution < 1.29 is 5.11 Å². The number of nitrogens with zero attached hydrogens (tertiary/aromatic N) is 4. The first kappa shape index (κ1) is 17.8. The van der Waals surface area contributed by atoms with Gasteiger partial charge in [0, 0.05) is 70.5 Å². The van der Waals surface area contributed by atoms with Gasteiger partial charge in [0.1, 0.15) is 0 Å². The van der Waals surface area contributed by atoms with E-state index in [4.69, 9.17) is 0 Å². The van der Waals surface area contributed by atoms with Crippen molar-refractivity contribution in [1.29, 1.82) is 0 Å². The van der Waals surface area contributed by atoms with Crippen molar-refractivity contribution in [1.82, 2.24) is 14.8 Å². The molecule has 24 heavy (non-hydrogen) atoms. The number of thiophene rings is 1. The maximum Gasteiger partial charge on any atom is 0.185 e. The van der Waals surface area contributed by atoms with Gasteiger partial charge in [-0.05, 0) is 28.8 Å². The zero-order chi connectivity index (χ0) is 16.9. The first-order chi connectivity index (χ1) is 11.7. The van der Waals surface area contributed by atoms with Gasteiger partial charge in [-0.1, -0.05) is 0 Å². The Morgan fingerprint density at radius 3 is 2.88 bits per heavy atom. The average molecular weight is 367 g/mol. The molecule has 1 aliphatic rings. The second-order valence-electron chi connectivity index (χ2n) is 6.51. The smallest absolute Gasteiger partial charge is 0.185 e. The highest BCUT2D eigenvalue weighted by molar-refractivity contribution is 7.15. The summed E-state index contributed by atoms with van der Waals surface area (Å²) in [4.78, 5) is 12.9. The summed E-state index contributed by atoms with van der Waals surface area (Å²) in [7, 11) is 4.06. The summed E-state index contributed by atoms with van der Waals surface area (Å²) in [6.45, 7) is 5.35. The zero-order valence-electron chi connectivity index (χ0n) is 14.4. The van der Waals surface area contributed by atoms with Crippen LogP contribution in [0.4, 0.5) is 5.13 Å². The van der Waals surface area contributed by atoms with E-state index >= 15 is 0 Å². The Balaban J connectivity index is 1.59. The zero-order valence-corrected chi connectivity index (χ0v) is 16.0. The summed E-state index contributed by atoms with van der Waals surface area (Å²) < 4.78 is 0. The molecular formula is C17H26N4OS2. The van der Waals surface area contributed by atoms with Gasteiger partial charge in [-0.25, -0.2) is 4.98 Å². The molecule has 1 aliphatic heterocycles.